The van der Waals surface area contributed by atoms with Crippen LogP contribution >= 0.6 is 11.8 Å². The number of hydrogen-bond acceptors (Lipinski definition) is 12. The van der Waals surface area contributed by atoms with Crippen LogP contribution in [0, 0.1) is 0 Å². The molecule has 0 aromatic carbocycles. The van der Waals surface area contributed by atoms with Gasteiger partial charge in [-0.2, -0.15) is 9.97 Å². The van der Waals surface area contributed by atoms with Crippen molar-refractivity contribution in [2.75, 3.05) is 58.1 Å². The number of rotatable bonds is 8. The molecule has 0 amide bonds. The van der Waals surface area contributed by atoms with Gasteiger partial charge in [-0.1, -0.05) is 6.58 Å². The Hall–Kier alpha value is -2.68. The highest BCUT2D eigenvalue weighted by molar-refractivity contribution is 7.99. The molecule has 2 aromatic rings. The smallest absolute Gasteiger partial charge is 0.236 e. The molecule has 1 fully saturated rings. The lowest BCUT2D eigenvalue weighted by Crippen LogP contribution is -2.45. The standard InChI is InChI=1S/C17H24N8O4S2/c1-10(23-31(26)27)11-9-12(18)20-17(19-11)30-13-14(28-3)21-16(22-15(13)29-4)25-7-5-24(2)6-8-25/h9,23H,1,5-8H2,2-4H3,(H,26,27)(H2,18,19,20)/p-1. The van der Waals surface area contributed by atoms with Crippen molar-refractivity contribution in [1.82, 2.24) is 29.6 Å². The maximum absolute atomic E-state index is 10.9. The normalized spacial score (nSPS) is 15.4. The summed E-state index contributed by atoms with van der Waals surface area (Å²) in [5.74, 6) is 1.25. The Morgan fingerprint density at radius 3 is 2.35 bits per heavy atom. The molecule has 31 heavy (non-hydrogen) atoms. The summed E-state index contributed by atoms with van der Waals surface area (Å²) in [5.41, 5.74) is 6.15. The molecule has 1 unspecified atom stereocenters. The van der Waals surface area contributed by atoms with Crippen molar-refractivity contribution < 1.29 is 18.2 Å². The Balaban J connectivity index is 1.93. The second kappa shape index (κ2) is 10.1. The van der Waals surface area contributed by atoms with E-state index in [0.29, 0.717) is 22.6 Å². The first kappa shape index (κ1) is 23.0. The van der Waals surface area contributed by atoms with Crippen LogP contribution in [0.4, 0.5) is 11.8 Å². The Bertz CT molecular complexity index is 960. The van der Waals surface area contributed by atoms with Gasteiger partial charge in [0.15, 0.2) is 5.16 Å². The Morgan fingerprint density at radius 2 is 1.81 bits per heavy atom. The van der Waals surface area contributed by atoms with E-state index < -0.39 is 11.3 Å². The first-order chi connectivity index (χ1) is 14.8. The number of anilines is 2. The van der Waals surface area contributed by atoms with Crippen molar-refractivity contribution in [1.29, 1.82) is 0 Å². The Kier molecular flexibility index (Phi) is 7.48. The summed E-state index contributed by atoms with van der Waals surface area (Å²) >= 11 is -1.46. The summed E-state index contributed by atoms with van der Waals surface area (Å²) < 4.78 is 34.9. The number of aromatic nitrogens is 4. The number of nitrogens with two attached hydrogens (primary N) is 1. The predicted octanol–water partition coefficient (Wildman–Crippen LogP) is 0.123. The number of ether oxygens (including phenoxy) is 2. The van der Waals surface area contributed by atoms with E-state index in [1.165, 1.54) is 20.3 Å². The van der Waals surface area contributed by atoms with E-state index in [9.17, 15) is 8.76 Å². The van der Waals surface area contributed by atoms with Crippen molar-refractivity contribution in [3.8, 4) is 11.8 Å². The molecule has 168 valence electrons. The SMILES string of the molecule is C=C(NS(=O)[O-])c1cc(N)nc(Sc2c(OC)nc(N3CCN(C)CC3)nc2OC)n1. The van der Waals surface area contributed by atoms with E-state index in [-0.39, 0.29) is 22.4 Å². The average molecular weight is 468 g/mol. The maximum Gasteiger partial charge on any atom is 0.236 e. The van der Waals surface area contributed by atoms with Gasteiger partial charge in [-0.05, 0) is 18.8 Å². The van der Waals surface area contributed by atoms with Gasteiger partial charge in [-0.3, -0.25) is 4.21 Å². The number of nitrogen functional groups attached to an aromatic ring is 1. The van der Waals surface area contributed by atoms with Gasteiger partial charge in [0, 0.05) is 43.5 Å². The van der Waals surface area contributed by atoms with E-state index in [0.717, 1.165) is 37.9 Å². The molecule has 0 aliphatic carbocycles. The van der Waals surface area contributed by atoms with E-state index >= 15 is 0 Å². The van der Waals surface area contributed by atoms with Crippen LogP contribution in [0.3, 0.4) is 0 Å². The predicted molar refractivity (Wildman–Crippen MR) is 117 cm³/mol. The molecule has 1 saturated heterocycles. The van der Waals surface area contributed by atoms with Crippen LogP contribution in [0.15, 0.2) is 22.7 Å². The minimum atomic E-state index is -2.54. The number of nitrogens with zero attached hydrogens (tertiary/aromatic N) is 6. The molecular weight excluding hydrogens is 444 g/mol. The lowest BCUT2D eigenvalue weighted by Gasteiger charge is -2.32. The van der Waals surface area contributed by atoms with Crippen molar-refractivity contribution >= 4 is 40.5 Å². The van der Waals surface area contributed by atoms with Crippen LogP contribution in [0.1, 0.15) is 5.69 Å². The zero-order valence-corrected chi connectivity index (χ0v) is 19.0. The molecule has 1 aliphatic rings. The molecule has 1 aliphatic heterocycles. The lowest BCUT2D eigenvalue weighted by molar-refractivity contribution is 0.308. The third kappa shape index (κ3) is 5.72. The monoisotopic (exact) mass is 467 g/mol. The average Bonchev–Trinajstić information content (AvgIpc) is 2.73. The van der Waals surface area contributed by atoms with Crippen LogP contribution in [0.2, 0.25) is 0 Å². The molecule has 3 rings (SSSR count). The van der Waals surface area contributed by atoms with E-state index in [1.807, 2.05) is 0 Å². The Morgan fingerprint density at radius 1 is 1.19 bits per heavy atom. The van der Waals surface area contributed by atoms with Gasteiger partial charge >= 0.3 is 0 Å². The highest BCUT2D eigenvalue weighted by Gasteiger charge is 2.24. The van der Waals surface area contributed by atoms with Crippen LogP contribution < -0.4 is 24.8 Å². The third-order valence-electron chi connectivity index (χ3n) is 4.40. The van der Waals surface area contributed by atoms with E-state index in [4.69, 9.17) is 15.2 Å². The van der Waals surface area contributed by atoms with Gasteiger partial charge in [0.25, 0.3) is 0 Å². The van der Waals surface area contributed by atoms with E-state index in [1.54, 1.807) is 0 Å². The fraction of sp³-hybridized carbons (Fsp3) is 0.412. The molecule has 3 heterocycles. The number of likely N-dealkylation sites (N-methyl/N-ethyl adjacent to an activating group) is 1. The minimum Gasteiger partial charge on any atom is -0.755 e. The molecule has 14 heteroatoms. The second-order valence-corrected chi connectivity index (χ2v) is 8.19. The number of hydrogen-bond donors (Lipinski definition) is 2. The summed E-state index contributed by atoms with van der Waals surface area (Å²) in [4.78, 5) is 22.3. The Labute approximate surface area is 186 Å². The second-order valence-electron chi connectivity index (χ2n) is 6.54. The first-order valence-electron chi connectivity index (χ1n) is 9.11. The van der Waals surface area contributed by atoms with Crippen molar-refractivity contribution in [3.63, 3.8) is 0 Å². The molecule has 0 radical (unpaired) electrons. The number of nitrogens with one attached hydrogen (secondary N) is 1. The summed E-state index contributed by atoms with van der Waals surface area (Å²) in [6, 6.07) is 1.41. The fourth-order valence-corrected chi connectivity index (χ4v) is 4.01. The summed E-state index contributed by atoms with van der Waals surface area (Å²) in [5, 5.41) is 0.224. The van der Waals surface area contributed by atoms with Crippen LogP contribution in [-0.2, 0) is 11.3 Å². The summed E-state index contributed by atoms with van der Waals surface area (Å²) in [6.07, 6.45) is 0. The minimum absolute atomic E-state index is 0.0601. The van der Waals surface area contributed by atoms with Gasteiger partial charge in [-0.25, -0.2) is 9.97 Å². The van der Waals surface area contributed by atoms with Crippen LogP contribution in [-0.4, -0.2) is 81.0 Å². The zero-order chi connectivity index (χ0) is 22.5. The number of piperazine rings is 1. The summed E-state index contributed by atoms with van der Waals surface area (Å²) in [7, 11) is 5.07. The van der Waals surface area contributed by atoms with Gasteiger partial charge in [-0.15, -0.1) is 0 Å². The van der Waals surface area contributed by atoms with Gasteiger partial charge in [0.1, 0.15) is 10.7 Å². The van der Waals surface area contributed by atoms with E-state index in [2.05, 4.69) is 48.1 Å². The molecule has 0 spiro atoms. The van der Waals surface area contributed by atoms with Crippen molar-refractivity contribution in [2.24, 2.45) is 0 Å². The molecule has 0 bridgehead atoms. The molecule has 2 aromatic heterocycles. The lowest BCUT2D eigenvalue weighted by atomic mass is 10.3. The van der Waals surface area contributed by atoms with Crippen LogP contribution in [0.25, 0.3) is 5.70 Å². The quantitative estimate of drug-likeness (QED) is 0.400. The zero-order valence-electron chi connectivity index (χ0n) is 17.3. The fourth-order valence-electron chi connectivity index (χ4n) is 2.80. The van der Waals surface area contributed by atoms with Crippen LogP contribution in [0.5, 0.6) is 11.8 Å². The first-order valence-corrected chi connectivity index (χ1v) is 11.0. The van der Waals surface area contributed by atoms with Crippen molar-refractivity contribution in [2.45, 2.75) is 10.1 Å². The van der Waals surface area contributed by atoms with Gasteiger partial charge < -0.3 is 34.3 Å². The molecule has 12 nitrogen and oxygen atoms in total. The van der Waals surface area contributed by atoms with Gasteiger partial charge in [0.2, 0.25) is 17.7 Å². The molecule has 3 N–H and O–H groups in total. The third-order valence-corrected chi connectivity index (χ3v) is 5.73. The largest absolute Gasteiger partial charge is 0.755 e. The highest BCUT2D eigenvalue weighted by atomic mass is 32.2. The molecular formula is C17H23N8O4S2-. The summed E-state index contributed by atoms with van der Waals surface area (Å²) in [6.45, 7) is 7.02. The molecule has 1 atom stereocenters. The number of methoxy groups -OCH3 is 2. The maximum atomic E-state index is 10.9. The van der Waals surface area contributed by atoms with Crippen molar-refractivity contribution in [3.05, 3.63) is 18.3 Å². The van der Waals surface area contributed by atoms with Gasteiger partial charge in [0.05, 0.1) is 25.6 Å². The molecule has 0 saturated carbocycles. The topological polar surface area (TPSA) is 155 Å². The highest BCUT2D eigenvalue weighted by Crippen LogP contribution is 2.40.